The normalized spacial score (nSPS) is 19.2. The van der Waals surface area contributed by atoms with Gasteiger partial charge in [0.15, 0.2) is 5.78 Å². The molecule has 0 aromatic heterocycles. The zero-order valence-corrected chi connectivity index (χ0v) is 15.2. The fourth-order valence-electron chi connectivity index (χ4n) is 3.11. The molecule has 0 amide bonds. The third-order valence-electron chi connectivity index (χ3n) is 4.59. The van der Waals surface area contributed by atoms with Crippen LogP contribution in [-0.2, 0) is 9.59 Å². The highest BCUT2D eigenvalue weighted by atomic mass is 16.4. The minimum atomic E-state index is -0.776. The lowest BCUT2D eigenvalue weighted by Gasteiger charge is -2.08. The van der Waals surface area contributed by atoms with Gasteiger partial charge in [0.25, 0.3) is 0 Å². The molecule has 0 aliphatic heterocycles. The van der Waals surface area contributed by atoms with Crippen molar-refractivity contribution in [3.8, 4) is 0 Å². The summed E-state index contributed by atoms with van der Waals surface area (Å²) in [6.45, 7) is 2.11. The fraction of sp³-hybridized carbons (Fsp3) is 0.700. The SMILES string of the molecule is CCCCCC(O)C=CC1=C(CCCCCCC(=O)O)C(=O)CC1O. The number of allylic oxidation sites excluding steroid dienone is 1. The van der Waals surface area contributed by atoms with Gasteiger partial charge in [-0.3, -0.25) is 9.59 Å². The van der Waals surface area contributed by atoms with Gasteiger partial charge in [0.2, 0.25) is 0 Å². The first-order valence-corrected chi connectivity index (χ1v) is 9.48. The Kier molecular flexibility index (Phi) is 10.3. The van der Waals surface area contributed by atoms with Crippen LogP contribution in [0, 0.1) is 0 Å². The Balaban J connectivity index is 2.50. The molecule has 2 atom stereocenters. The Labute approximate surface area is 150 Å². The van der Waals surface area contributed by atoms with Crippen LogP contribution >= 0.6 is 0 Å². The molecule has 0 spiro atoms. The van der Waals surface area contributed by atoms with E-state index in [1.165, 1.54) is 0 Å². The summed E-state index contributed by atoms with van der Waals surface area (Å²) in [6.07, 6.45) is 10.0. The highest BCUT2D eigenvalue weighted by molar-refractivity contribution is 6.00. The van der Waals surface area contributed by atoms with Crippen LogP contribution in [0.15, 0.2) is 23.3 Å². The number of carbonyl (C=O) groups is 2. The van der Waals surface area contributed by atoms with Crippen LogP contribution in [0.4, 0.5) is 0 Å². The molecule has 25 heavy (non-hydrogen) atoms. The van der Waals surface area contributed by atoms with E-state index in [0.717, 1.165) is 38.5 Å². The average Bonchev–Trinajstić information content (AvgIpc) is 2.82. The van der Waals surface area contributed by atoms with Gasteiger partial charge in [0, 0.05) is 18.4 Å². The molecule has 142 valence electrons. The molecule has 0 aromatic carbocycles. The first-order chi connectivity index (χ1) is 12.0. The van der Waals surface area contributed by atoms with E-state index >= 15 is 0 Å². The number of carboxylic acid groups (broad SMARTS) is 1. The lowest BCUT2D eigenvalue weighted by atomic mass is 10.0. The van der Waals surface area contributed by atoms with Crippen molar-refractivity contribution in [3.63, 3.8) is 0 Å². The predicted molar refractivity (Wildman–Crippen MR) is 97.3 cm³/mol. The summed E-state index contributed by atoms with van der Waals surface area (Å²) in [4.78, 5) is 22.5. The quantitative estimate of drug-likeness (QED) is 0.441. The molecule has 1 aliphatic rings. The van der Waals surface area contributed by atoms with E-state index in [9.17, 15) is 19.8 Å². The van der Waals surface area contributed by atoms with E-state index in [-0.39, 0.29) is 18.6 Å². The van der Waals surface area contributed by atoms with Gasteiger partial charge < -0.3 is 15.3 Å². The lowest BCUT2D eigenvalue weighted by molar-refractivity contribution is -0.137. The smallest absolute Gasteiger partial charge is 0.303 e. The van der Waals surface area contributed by atoms with E-state index in [1.807, 2.05) is 0 Å². The lowest BCUT2D eigenvalue weighted by Crippen LogP contribution is -2.06. The van der Waals surface area contributed by atoms with Crippen LogP contribution in [0.3, 0.4) is 0 Å². The predicted octanol–water partition coefficient (Wildman–Crippen LogP) is 3.54. The van der Waals surface area contributed by atoms with Crippen molar-refractivity contribution in [3.05, 3.63) is 23.3 Å². The number of hydrogen-bond donors (Lipinski definition) is 3. The van der Waals surface area contributed by atoms with Crippen molar-refractivity contribution in [2.45, 2.75) is 89.8 Å². The van der Waals surface area contributed by atoms with Gasteiger partial charge >= 0.3 is 5.97 Å². The summed E-state index contributed by atoms with van der Waals surface area (Å²) in [5, 5.41) is 28.7. The number of hydrogen-bond acceptors (Lipinski definition) is 4. The second-order valence-electron chi connectivity index (χ2n) is 6.81. The third kappa shape index (κ3) is 8.45. The zero-order chi connectivity index (χ0) is 18.7. The highest BCUT2D eigenvalue weighted by Gasteiger charge is 2.28. The summed E-state index contributed by atoms with van der Waals surface area (Å²) in [6, 6.07) is 0. The Morgan fingerprint density at radius 1 is 1.20 bits per heavy atom. The molecular weight excluding hydrogens is 320 g/mol. The topological polar surface area (TPSA) is 94.8 Å². The van der Waals surface area contributed by atoms with Crippen LogP contribution in [0.2, 0.25) is 0 Å². The van der Waals surface area contributed by atoms with Gasteiger partial charge in [-0.15, -0.1) is 0 Å². The number of aliphatic hydroxyl groups excluding tert-OH is 2. The van der Waals surface area contributed by atoms with Crippen LogP contribution in [-0.4, -0.2) is 39.3 Å². The monoisotopic (exact) mass is 352 g/mol. The summed E-state index contributed by atoms with van der Waals surface area (Å²) in [5.74, 6) is -0.792. The van der Waals surface area contributed by atoms with Gasteiger partial charge in [-0.25, -0.2) is 0 Å². The summed E-state index contributed by atoms with van der Waals surface area (Å²) in [5.41, 5.74) is 1.31. The summed E-state index contributed by atoms with van der Waals surface area (Å²) in [7, 11) is 0. The molecule has 5 nitrogen and oxygen atoms in total. The molecule has 0 bridgehead atoms. The van der Waals surface area contributed by atoms with Crippen molar-refractivity contribution in [1.29, 1.82) is 0 Å². The molecule has 0 aromatic rings. The Morgan fingerprint density at radius 3 is 2.60 bits per heavy atom. The van der Waals surface area contributed by atoms with Gasteiger partial charge in [0.1, 0.15) is 0 Å². The maximum absolute atomic E-state index is 12.1. The number of unbranched alkanes of at least 4 members (excludes halogenated alkanes) is 5. The molecule has 0 saturated heterocycles. The van der Waals surface area contributed by atoms with Gasteiger partial charge in [-0.2, -0.15) is 0 Å². The average molecular weight is 352 g/mol. The Bertz CT molecular complexity index is 492. The van der Waals surface area contributed by atoms with Gasteiger partial charge in [0.05, 0.1) is 12.2 Å². The van der Waals surface area contributed by atoms with Crippen molar-refractivity contribution >= 4 is 11.8 Å². The van der Waals surface area contributed by atoms with E-state index in [4.69, 9.17) is 5.11 Å². The first-order valence-electron chi connectivity index (χ1n) is 9.48. The number of rotatable bonds is 13. The van der Waals surface area contributed by atoms with Crippen LogP contribution in [0.5, 0.6) is 0 Å². The van der Waals surface area contributed by atoms with Crippen LogP contribution in [0.25, 0.3) is 0 Å². The number of carbonyl (C=O) groups excluding carboxylic acids is 1. The van der Waals surface area contributed by atoms with Crippen molar-refractivity contribution < 1.29 is 24.9 Å². The minimum absolute atomic E-state index is 0.0156. The van der Waals surface area contributed by atoms with Crippen molar-refractivity contribution in [2.75, 3.05) is 0 Å². The first kappa shape index (κ1) is 21.6. The molecule has 0 heterocycles. The van der Waals surface area contributed by atoms with E-state index in [0.29, 0.717) is 30.4 Å². The summed E-state index contributed by atoms with van der Waals surface area (Å²) >= 11 is 0. The van der Waals surface area contributed by atoms with Crippen molar-refractivity contribution in [2.24, 2.45) is 0 Å². The van der Waals surface area contributed by atoms with Gasteiger partial charge in [-0.1, -0.05) is 51.2 Å². The minimum Gasteiger partial charge on any atom is -0.481 e. The van der Waals surface area contributed by atoms with E-state index in [2.05, 4.69) is 6.92 Å². The Hall–Kier alpha value is -1.46. The number of carboxylic acids is 1. The molecular formula is C20H32O5. The molecule has 1 rings (SSSR count). The highest BCUT2D eigenvalue weighted by Crippen LogP contribution is 2.29. The largest absolute Gasteiger partial charge is 0.481 e. The van der Waals surface area contributed by atoms with Crippen LogP contribution in [0.1, 0.15) is 77.6 Å². The van der Waals surface area contributed by atoms with Crippen LogP contribution < -0.4 is 0 Å². The standard InChI is InChI=1S/C20H32O5/c1-2-3-6-9-15(21)12-13-17-16(18(22)14-19(17)23)10-7-4-5-8-11-20(24)25/h12-13,15,19,21,23H,2-11,14H2,1H3,(H,24,25). The second kappa shape index (κ2) is 12.0. The zero-order valence-electron chi connectivity index (χ0n) is 15.2. The van der Waals surface area contributed by atoms with Gasteiger partial charge in [-0.05, 0) is 31.3 Å². The molecule has 2 unspecified atom stereocenters. The number of Topliss-reactive ketones (excluding diaryl/α,β-unsaturated/α-hetero) is 1. The molecule has 3 N–H and O–H groups in total. The number of aliphatic hydroxyl groups is 2. The summed E-state index contributed by atoms with van der Waals surface area (Å²) < 4.78 is 0. The maximum Gasteiger partial charge on any atom is 0.303 e. The second-order valence-corrected chi connectivity index (χ2v) is 6.81. The van der Waals surface area contributed by atoms with Crippen molar-refractivity contribution in [1.82, 2.24) is 0 Å². The fourth-order valence-corrected chi connectivity index (χ4v) is 3.11. The molecule has 0 radical (unpaired) electrons. The van der Waals surface area contributed by atoms with E-state index in [1.54, 1.807) is 12.2 Å². The maximum atomic E-state index is 12.1. The third-order valence-corrected chi connectivity index (χ3v) is 4.59. The molecule has 1 aliphatic carbocycles. The molecule has 0 fully saturated rings. The number of ketones is 1. The molecule has 5 heteroatoms. The molecule has 0 saturated carbocycles. The number of aliphatic carboxylic acids is 1. The Morgan fingerprint density at radius 2 is 1.92 bits per heavy atom. The van der Waals surface area contributed by atoms with E-state index < -0.39 is 18.2 Å².